The minimum atomic E-state index is -0.272. The normalized spacial score (nSPS) is 10.3. The van der Waals surface area contributed by atoms with Crippen molar-refractivity contribution in [2.24, 2.45) is 0 Å². The van der Waals surface area contributed by atoms with Crippen molar-refractivity contribution in [1.29, 1.82) is 5.26 Å². The molecule has 0 aliphatic heterocycles. The Morgan fingerprint density at radius 3 is 2.65 bits per heavy atom. The van der Waals surface area contributed by atoms with Crippen molar-refractivity contribution in [3.8, 4) is 17.7 Å². The Labute approximate surface area is 155 Å². The summed E-state index contributed by atoms with van der Waals surface area (Å²) in [5.41, 5.74) is 2.57. The molecule has 0 aliphatic rings. The number of carbonyl (C=O) groups is 1. The van der Waals surface area contributed by atoms with Gasteiger partial charge < -0.3 is 9.73 Å². The number of thioether (sulfide) groups is 1. The van der Waals surface area contributed by atoms with Gasteiger partial charge in [-0.15, -0.1) is 11.8 Å². The van der Waals surface area contributed by atoms with Gasteiger partial charge in [-0.05, 0) is 43.0 Å². The van der Waals surface area contributed by atoms with Crippen molar-refractivity contribution in [2.45, 2.75) is 18.4 Å². The second-order valence-corrected chi connectivity index (χ2v) is 6.28. The Morgan fingerprint density at radius 1 is 1.27 bits per heavy atom. The van der Waals surface area contributed by atoms with Gasteiger partial charge in [-0.1, -0.05) is 12.1 Å². The quantitative estimate of drug-likeness (QED) is 0.542. The SMILES string of the molecule is CSc1nc(-c2ccco2)nc(C)c1C(=O)Nc1ccc(CC#N)cc1. The van der Waals surface area contributed by atoms with Gasteiger partial charge in [-0.3, -0.25) is 4.79 Å². The molecule has 0 unspecified atom stereocenters. The van der Waals surface area contributed by atoms with E-state index in [1.165, 1.54) is 11.8 Å². The van der Waals surface area contributed by atoms with Gasteiger partial charge in [0.05, 0.1) is 30.0 Å². The van der Waals surface area contributed by atoms with Gasteiger partial charge in [0.2, 0.25) is 0 Å². The van der Waals surface area contributed by atoms with Crippen molar-refractivity contribution in [1.82, 2.24) is 9.97 Å². The third kappa shape index (κ3) is 3.76. The first-order valence-electron chi connectivity index (χ1n) is 7.86. The number of carbonyl (C=O) groups excluding carboxylic acids is 1. The minimum absolute atomic E-state index is 0.272. The van der Waals surface area contributed by atoms with E-state index in [-0.39, 0.29) is 5.91 Å². The maximum atomic E-state index is 12.7. The smallest absolute Gasteiger partial charge is 0.260 e. The van der Waals surface area contributed by atoms with Crippen molar-refractivity contribution in [3.63, 3.8) is 0 Å². The maximum Gasteiger partial charge on any atom is 0.260 e. The zero-order chi connectivity index (χ0) is 18.5. The monoisotopic (exact) mass is 364 g/mol. The van der Waals surface area contributed by atoms with Gasteiger partial charge in [0.25, 0.3) is 5.91 Å². The van der Waals surface area contributed by atoms with Crippen LogP contribution in [0.3, 0.4) is 0 Å². The summed E-state index contributed by atoms with van der Waals surface area (Å²) in [5, 5.41) is 12.2. The summed E-state index contributed by atoms with van der Waals surface area (Å²) in [7, 11) is 0. The maximum absolute atomic E-state index is 12.7. The zero-order valence-electron chi connectivity index (χ0n) is 14.3. The summed E-state index contributed by atoms with van der Waals surface area (Å²) in [5.74, 6) is 0.739. The van der Waals surface area contributed by atoms with Crippen LogP contribution in [0, 0.1) is 18.3 Å². The number of hydrogen-bond donors (Lipinski definition) is 1. The molecule has 0 spiro atoms. The number of benzene rings is 1. The lowest BCUT2D eigenvalue weighted by molar-refractivity contribution is 0.102. The Bertz CT molecular complexity index is 960. The van der Waals surface area contributed by atoms with Crippen molar-refractivity contribution < 1.29 is 9.21 Å². The molecular formula is C19H16N4O2S. The van der Waals surface area contributed by atoms with Crippen molar-refractivity contribution >= 4 is 23.4 Å². The van der Waals surface area contributed by atoms with Crippen LogP contribution in [0.4, 0.5) is 5.69 Å². The molecule has 1 amide bonds. The fourth-order valence-corrected chi connectivity index (χ4v) is 3.08. The van der Waals surface area contributed by atoms with Gasteiger partial charge in [0.15, 0.2) is 11.6 Å². The molecule has 6 nitrogen and oxygen atoms in total. The molecule has 1 aromatic carbocycles. The molecule has 130 valence electrons. The topological polar surface area (TPSA) is 91.8 Å². The van der Waals surface area contributed by atoms with E-state index in [0.29, 0.717) is 40.0 Å². The molecule has 3 aromatic rings. The lowest BCUT2D eigenvalue weighted by Crippen LogP contribution is -2.17. The van der Waals surface area contributed by atoms with Crippen molar-refractivity contribution in [3.05, 3.63) is 59.5 Å². The summed E-state index contributed by atoms with van der Waals surface area (Å²) in [6.07, 6.45) is 3.76. The highest BCUT2D eigenvalue weighted by Crippen LogP contribution is 2.26. The molecule has 0 aliphatic carbocycles. The average Bonchev–Trinajstić information content (AvgIpc) is 3.17. The molecule has 0 saturated carbocycles. The number of amides is 1. The fourth-order valence-electron chi connectivity index (χ4n) is 2.46. The summed E-state index contributed by atoms with van der Waals surface area (Å²) in [4.78, 5) is 21.6. The predicted molar refractivity (Wildman–Crippen MR) is 100.0 cm³/mol. The summed E-state index contributed by atoms with van der Waals surface area (Å²) < 4.78 is 5.34. The first kappa shape index (κ1) is 17.7. The number of nitrogens with zero attached hydrogens (tertiary/aromatic N) is 3. The highest BCUT2D eigenvalue weighted by molar-refractivity contribution is 7.98. The molecule has 0 saturated heterocycles. The molecule has 3 rings (SSSR count). The van der Waals surface area contributed by atoms with Gasteiger partial charge >= 0.3 is 0 Å². The summed E-state index contributed by atoms with van der Waals surface area (Å²) in [6.45, 7) is 1.78. The van der Waals surface area contributed by atoms with E-state index in [0.717, 1.165) is 5.56 Å². The van der Waals surface area contributed by atoms with E-state index in [9.17, 15) is 4.79 Å². The molecule has 26 heavy (non-hydrogen) atoms. The molecule has 1 N–H and O–H groups in total. The van der Waals surface area contributed by atoms with Crippen LogP contribution in [0.25, 0.3) is 11.6 Å². The number of hydrogen-bond acceptors (Lipinski definition) is 6. The van der Waals surface area contributed by atoms with Crippen LogP contribution >= 0.6 is 11.8 Å². The Hall–Kier alpha value is -3.11. The van der Waals surface area contributed by atoms with Gasteiger partial charge in [0, 0.05) is 5.69 Å². The van der Waals surface area contributed by atoms with E-state index >= 15 is 0 Å². The van der Waals surface area contributed by atoms with E-state index < -0.39 is 0 Å². The number of aryl methyl sites for hydroxylation is 1. The van der Waals surface area contributed by atoms with Crippen LogP contribution < -0.4 is 5.32 Å². The third-order valence-electron chi connectivity index (χ3n) is 3.71. The highest BCUT2D eigenvalue weighted by atomic mass is 32.2. The number of rotatable bonds is 5. The standard InChI is InChI=1S/C19H16N4O2S/c1-12-16(18(24)22-14-7-5-13(6-8-14)9-10-20)19(26-2)23-17(21-12)15-4-3-11-25-15/h3-8,11H,9H2,1-2H3,(H,22,24). The summed E-state index contributed by atoms with van der Waals surface area (Å²) >= 11 is 1.38. The average molecular weight is 364 g/mol. The summed E-state index contributed by atoms with van der Waals surface area (Å²) in [6, 6.07) is 12.8. The van der Waals surface area contributed by atoms with Gasteiger partial charge in [-0.2, -0.15) is 5.26 Å². The number of aromatic nitrogens is 2. The van der Waals surface area contributed by atoms with Crippen LogP contribution in [0.2, 0.25) is 0 Å². The second-order valence-electron chi connectivity index (χ2n) is 5.48. The van der Waals surface area contributed by atoms with Crippen molar-refractivity contribution in [2.75, 3.05) is 11.6 Å². The molecule has 2 heterocycles. The largest absolute Gasteiger partial charge is 0.461 e. The van der Waals surface area contributed by atoms with E-state index in [4.69, 9.17) is 9.68 Å². The lowest BCUT2D eigenvalue weighted by atomic mass is 10.1. The van der Waals surface area contributed by atoms with E-state index in [2.05, 4.69) is 21.4 Å². The van der Waals surface area contributed by atoms with Crippen LogP contribution in [-0.2, 0) is 6.42 Å². The zero-order valence-corrected chi connectivity index (χ0v) is 15.1. The van der Waals surface area contributed by atoms with Crippen LogP contribution in [0.1, 0.15) is 21.6 Å². The molecule has 7 heteroatoms. The number of nitrogens with one attached hydrogen (secondary N) is 1. The van der Waals surface area contributed by atoms with Gasteiger partial charge in [-0.25, -0.2) is 9.97 Å². The second kappa shape index (κ2) is 7.85. The molecule has 2 aromatic heterocycles. The first-order chi connectivity index (χ1) is 12.6. The van der Waals surface area contributed by atoms with Crippen LogP contribution in [0.15, 0.2) is 52.1 Å². The third-order valence-corrected chi connectivity index (χ3v) is 4.40. The Balaban J connectivity index is 1.88. The number of nitriles is 1. The molecule has 0 radical (unpaired) electrons. The highest BCUT2D eigenvalue weighted by Gasteiger charge is 2.20. The van der Waals surface area contributed by atoms with Crippen LogP contribution in [0.5, 0.6) is 0 Å². The molecule has 0 fully saturated rings. The first-order valence-corrected chi connectivity index (χ1v) is 9.08. The Kier molecular flexibility index (Phi) is 5.34. The molecular weight excluding hydrogens is 348 g/mol. The van der Waals surface area contributed by atoms with E-state index in [1.807, 2.05) is 18.4 Å². The molecule has 0 bridgehead atoms. The fraction of sp³-hybridized carbons (Fsp3) is 0.158. The Morgan fingerprint density at radius 2 is 2.04 bits per heavy atom. The number of anilines is 1. The minimum Gasteiger partial charge on any atom is -0.461 e. The van der Waals surface area contributed by atoms with Crippen LogP contribution in [-0.4, -0.2) is 22.1 Å². The predicted octanol–water partition coefficient (Wildman–Crippen LogP) is 4.09. The number of furan rings is 1. The molecule has 0 atom stereocenters. The van der Waals surface area contributed by atoms with Gasteiger partial charge in [0.1, 0.15) is 5.03 Å². The lowest BCUT2D eigenvalue weighted by Gasteiger charge is -2.12. The van der Waals surface area contributed by atoms with E-state index in [1.54, 1.807) is 37.5 Å².